The highest BCUT2D eigenvalue weighted by molar-refractivity contribution is 7.99. The first-order valence-electron chi connectivity index (χ1n) is 10.0. The maximum Gasteiger partial charge on any atom is 0.322 e. The summed E-state index contributed by atoms with van der Waals surface area (Å²) in [4.78, 5) is 35.0. The number of phenolic OH excluding ortho intramolecular Hbond substituents is 1. The summed E-state index contributed by atoms with van der Waals surface area (Å²) in [6, 6.07) is 10.3. The Labute approximate surface area is 185 Å². The standard InChI is InChI=1S/C23H27NO6S/c1-3-5-19-20(11-10-18(15(2)25)22(19)28)30-12-4-13-31-17-8-6-16(7-9-17)23(29)24-14-21(26)27/h6-11,28H,3-5,12-14H2,1-2H3,(H,24,29)(H,26,27). The van der Waals surface area contributed by atoms with Crippen molar-refractivity contribution in [3.8, 4) is 11.5 Å². The molecule has 7 nitrogen and oxygen atoms in total. The Balaban J connectivity index is 1.83. The predicted molar refractivity (Wildman–Crippen MR) is 119 cm³/mol. The first-order valence-corrected chi connectivity index (χ1v) is 11.0. The molecule has 8 heteroatoms. The van der Waals surface area contributed by atoms with E-state index in [4.69, 9.17) is 9.84 Å². The van der Waals surface area contributed by atoms with Crippen molar-refractivity contribution in [3.05, 3.63) is 53.1 Å². The van der Waals surface area contributed by atoms with E-state index in [1.165, 1.54) is 6.92 Å². The van der Waals surface area contributed by atoms with Crippen LogP contribution in [-0.4, -0.2) is 46.8 Å². The first kappa shape index (κ1) is 24.3. The van der Waals surface area contributed by atoms with Crippen LogP contribution in [0.15, 0.2) is 41.3 Å². The van der Waals surface area contributed by atoms with E-state index in [-0.39, 0.29) is 11.5 Å². The van der Waals surface area contributed by atoms with Gasteiger partial charge in [-0.05, 0) is 56.2 Å². The number of hydrogen-bond acceptors (Lipinski definition) is 6. The van der Waals surface area contributed by atoms with Gasteiger partial charge in [-0.3, -0.25) is 14.4 Å². The number of carboxylic acids is 1. The van der Waals surface area contributed by atoms with Gasteiger partial charge in [0.25, 0.3) is 5.91 Å². The Morgan fingerprint density at radius 1 is 1.10 bits per heavy atom. The van der Waals surface area contributed by atoms with Gasteiger partial charge < -0.3 is 20.3 Å². The topological polar surface area (TPSA) is 113 Å². The molecule has 0 aromatic heterocycles. The van der Waals surface area contributed by atoms with E-state index in [1.54, 1.807) is 36.0 Å². The Bertz CT molecular complexity index is 926. The number of aromatic hydroxyl groups is 1. The zero-order chi connectivity index (χ0) is 22.8. The van der Waals surface area contributed by atoms with Crippen molar-refractivity contribution < 1.29 is 29.3 Å². The van der Waals surface area contributed by atoms with Crippen molar-refractivity contribution in [3.63, 3.8) is 0 Å². The number of carbonyl (C=O) groups excluding carboxylic acids is 2. The Morgan fingerprint density at radius 2 is 1.81 bits per heavy atom. The molecule has 1 amide bonds. The van der Waals surface area contributed by atoms with E-state index in [1.807, 2.05) is 19.1 Å². The average molecular weight is 446 g/mol. The SMILES string of the molecule is CCCc1c(OCCCSc2ccc(C(=O)NCC(=O)O)cc2)ccc(C(C)=O)c1O. The number of rotatable bonds is 12. The van der Waals surface area contributed by atoms with Crippen molar-refractivity contribution in [1.29, 1.82) is 0 Å². The zero-order valence-electron chi connectivity index (χ0n) is 17.6. The molecule has 31 heavy (non-hydrogen) atoms. The van der Waals surface area contributed by atoms with Gasteiger partial charge >= 0.3 is 5.97 Å². The van der Waals surface area contributed by atoms with Crippen LogP contribution >= 0.6 is 11.8 Å². The number of thioether (sulfide) groups is 1. The van der Waals surface area contributed by atoms with Crippen molar-refractivity contribution in [1.82, 2.24) is 5.32 Å². The van der Waals surface area contributed by atoms with Gasteiger partial charge in [-0.25, -0.2) is 0 Å². The summed E-state index contributed by atoms with van der Waals surface area (Å²) in [7, 11) is 0. The summed E-state index contributed by atoms with van der Waals surface area (Å²) in [5.41, 5.74) is 1.39. The second-order valence-electron chi connectivity index (χ2n) is 6.90. The number of amides is 1. The molecule has 0 bridgehead atoms. The van der Waals surface area contributed by atoms with Gasteiger partial charge in [0.2, 0.25) is 0 Å². The van der Waals surface area contributed by atoms with Gasteiger partial charge in [0.05, 0.1) is 12.2 Å². The second-order valence-corrected chi connectivity index (χ2v) is 8.06. The van der Waals surface area contributed by atoms with Gasteiger partial charge in [0, 0.05) is 21.8 Å². The number of phenols is 1. The number of nitrogens with one attached hydrogen (secondary N) is 1. The van der Waals surface area contributed by atoms with Crippen LogP contribution in [0.5, 0.6) is 11.5 Å². The highest BCUT2D eigenvalue weighted by atomic mass is 32.2. The van der Waals surface area contributed by atoms with Crippen LogP contribution in [0.25, 0.3) is 0 Å². The summed E-state index contributed by atoms with van der Waals surface area (Å²) in [5.74, 6) is -0.280. The number of hydrogen-bond donors (Lipinski definition) is 3. The molecule has 2 aromatic rings. The lowest BCUT2D eigenvalue weighted by Gasteiger charge is -2.14. The highest BCUT2D eigenvalue weighted by Crippen LogP contribution is 2.33. The lowest BCUT2D eigenvalue weighted by Crippen LogP contribution is -2.29. The summed E-state index contributed by atoms with van der Waals surface area (Å²) in [5, 5.41) is 21.3. The molecule has 0 unspecified atom stereocenters. The van der Waals surface area contributed by atoms with E-state index < -0.39 is 18.4 Å². The summed E-state index contributed by atoms with van der Waals surface area (Å²) >= 11 is 1.62. The minimum atomic E-state index is -1.09. The van der Waals surface area contributed by atoms with Crippen molar-refractivity contribution in [2.24, 2.45) is 0 Å². The molecule has 0 fully saturated rings. The van der Waals surface area contributed by atoms with Crippen LogP contribution < -0.4 is 10.1 Å². The molecule has 0 aliphatic carbocycles. The van der Waals surface area contributed by atoms with E-state index in [2.05, 4.69) is 5.32 Å². The number of benzene rings is 2. The third-order valence-electron chi connectivity index (χ3n) is 4.45. The molecule has 3 N–H and O–H groups in total. The van der Waals surface area contributed by atoms with Gasteiger partial charge in [0.1, 0.15) is 18.0 Å². The van der Waals surface area contributed by atoms with E-state index in [0.29, 0.717) is 35.5 Å². The number of carbonyl (C=O) groups is 3. The van der Waals surface area contributed by atoms with E-state index in [9.17, 15) is 19.5 Å². The zero-order valence-corrected chi connectivity index (χ0v) is 18.5. The fraction of sp³-hybridized carbons (Fsp3) is 0.348. The van der Waals surface area contributed by atoms with Crippen LogP contribution in [0.3, 0.4) is 0 Å². The fourth-order valence-electron chi connectivity index (χ4n) is 2.92. The van der Waals surface area contributed by atoms with Gasteiger partial charge in [-0.1, -0.05) is 13.3 Å². The second kappa shape index (κ2) is 12.0. The molecule has 0 spiro atoms. The van der Waals surface area contributed by atoms with E-state index in [0.717, 1.165) is 23.5 Å². The lowest BCUT2D eigenvalue weighted by molar-refractivity contribution is -0.135. The van der Waals surface area contributed by atoms with Crippen LogP contribution in [0.4, 0.5) is 0 Å². The highest BCUT2D eigenvalue weighted by Gasteiger charge is 2.15. The number of ether oxygens (including phenoxy) is 1. The molecular formula is C23H27NO6S. The molecule has 0 atom stereocenters. The van der Waals surface area contributed by atoms with Crippen LogP contribution in [0, 0.1) is 0 Å². The van der Waals surface area contributed by atoms with Gasteiger partial charge in [0.15, 0.2) is 5.78 Å². The smallest absolute Gasteiger partial charge is 0.322 e. The summed E-state index contributed by atoms with van der Waals surface area (Å²) in [6.45, 7) is 3.49. The van der Waals surface area contributed by atoms with Crippen molar-refractivity contribution >= 4 is 29.4 Å². The monoisotopic (exact) mass is 445 g/mol. The number of ketones is 1. The van der Waals surface area contributed by atoms with Crippen LogP contribution in [0.2, 0.25) is 0 Å². The molecule has 2 rings (SSSR count). The lowest BCUT2D eigenvalue weighted by atomic mass is 10.0. The average Bonchev–Trinajstić information content (AvgIpc) is 2.74. The maximum absolute atomic E-state index is 11.8. The molecule has 0 radical (unpaired) electrons. The Kier molecular flexibility index (Phi) is 9.40. The molecule has 0 aliphatic rings. The summed E-state index contributed by atoms with van der Waals surface area (Å²) in [6.07, 6.45) is 2.22. The first-order chi connectivity index (χ1) is 14.8. The molecule has 2 aromatic carbocycles. The van der Waals surface area contributed by atoms with Crippen molar-refractivity contribution in [2.75, 3.05) is 18.9 Å². The Hall–Kier alpha value is -3.00. The van der Waals surface area contributed by atoms with Crippen LogP contribution in [0.1, 0.15) is 53.0 Å². The van der Waals surface area contributed by atoms with Crippen molar-refractivity contribution in [2.45, 2.75) is 38.0 Å². The molecular weight excluding hydrogens is 418 g/mol. The molecule has 0 saturated heterocycles. The Morgan fingerprint density at radius 3 is 2.42 bits per heavy atom. The fourth-order valence-corrected chi connectivity index (χ4v) is 3.75. The number of Topliss-reactive ketones (excluding diaryl/α,β-unsaturated/α-hetero) is 1. The number of carboxylic acid groups (broad SMARTS) is 1. The van der Waals surface area contributed by atoms with Crippen LogP contribution in [-0.2, 0) is 11.2 Å². The molecule has 0 aliphatic heterocycles. The molecule has 0 heterocycles. The third-order valence-corrected chi connectivity index (χ3v) is 5.55. The van der Waals surface area contributed by atoms with Gasteiger partial charge in [-0.2, -0.15) is 0 Å². The predicted octanol–water partition coefficient (Wildman–Crippen LogP) is 3.92. The summed E-state index contributed by atoms with van der Waals surface area (Å²) < 4.78 is 5.85. The maximum atomic E-state index is 11.8. The third kappa shape index (κ3) is 7.32. The largest absolute Gasteiger partial charge is 0.507 e. The minimum absolute atomic E-state index is 0.00806. The minimum Gasteiger partial charge on any atom is -0.507 e. The number of aliphatic carboxylic acids is 1. The van der Waals surface area contributed by atoms with E-state index >= 15 is 0 Å². The quantitative estimate of drug-likeness (QED) is 0.258. The normalized spacial score (nSPS) is 10.5. The molecule has 166 valence electrons. The van der Waals surface area contributed by atoms with Gasteiger partial charge in [-0.15, -0.1) is 11.8 Å². The molecule has 0 saturated carbocycles.